The van der Waals surface area contributed by atoms with E-state index in [1.807, 2.05) is 4.68 Å². The molecule has 0 amide bonds. The van der Waals surface area contributed by atoms with Crippen molar-refractivity contribution < 1.29 is 0 Å². The number of nitrogens with one attached hydrogen (secondary N) is 1. The van der Waals surface area contributed by atoms with Crippen molar-refractivity contribution in [2.75, 3.05) is 0 Å². The van der Waals surface area contributed by atoms with Crippen LogP contribution in [0.5, 0.6) is 0 Å². The SMILES string of the molecule is CCCc1cccc(C(NN)c2cc(CC)nn2CC)c1. The molecular formula is C17H26N4. The van der Waals surface area contributed by atoms with Crippen LogP contribution in [0.3, 0.4) is 0 Å². The van der Waals surface area contributed by atoms with E-state index in [1.165, 1.54) is 11.1 Å². The molecule has 1 aromatic heterocycles. The van der Waals surface area contributed by atoms with Crippen LogP contribution >= 0.6 is 0 Å². The summed E-state index contributed by atoms with van der Waals surface area (Å²) in [5.74, 6) is 5.84. The largest absolute Gasteiger partial charge is 0.271 e. The lowest BCUT2D eigenvalue weighted by molar-refractivity contribution is 0.541. The Kier molecular flexibility index (Phi) is 5.53. The van der Waals surface area contributed by atoms with Crippen LogP contribution in [0.25, 0.3) is 0 Å². The van der Waals surface area contributed by atoms with Crippen LogP contribution in [0.15, 0.2) is 30.3 Å². The third-order valence-corrected chi connectivity index (χ3v) is 3.81. The molecule has 0 aliphatic heterocycles. The van der Waals surface area contributed by atoms with Gasteiger partial charge in [0.15, 0.2) is 0 Å². The summed E-state index contributed by atoms with van der Waals surface area (Å²) >= 11 is 0. The topological polar surface area (TPSA) is 55.9 Å². The minimum atomic E-state index is -0.0189. The number of hydrazine groups is 1. The summed E-state index contributed by atoms with van der Waals surface area (Å²) in [7, 11) is 0. The molecule has 3 N–H and O–H groups in total. The Morgan fingerprint density at radius 1 is 1.24 bits per heavy atom. The van der Waals surface area contributed by atoms with Gasteiger partial charge < -0.3 is 0 Å². The molecule has 1 aromatic carbocycles. The van der Waals surface area contributed by atoms with Crippen LogP contribution in [0.1, 0.15) is 55.7 Å². The molecule has 1 atom stereocenters. The molecule has 4 nitrogen and oxygen atoms in total. The first-order valence-electron chi connectivity index (χ1n) is 7.85. The molecule has 1 heterocycles. The lowest BCUT2D eigenvalue weighted by atomic mass is 9.99. The summed E-state index contributed by atoms with van der Waals surface area (Å²) in [6, 6.07) is 10.8. The first-order valence-corrected chi connectivity index (χ1v) is 7.85. The van der Waals surface area contributed by atoms with Crippen molar-refractivity contribution in [3.63, 3.8) is 0 Å². The molecule has 0 radical (unpaired) electrons. The Morgan fingerprint density at radius 3 is 2.67 bits per heavy atom. The van der Waals surface area contributed by atoms with Crippen molar-refractivity contribution in [1.29, 1.82) is 0 Å². The van der Waals surface area contributed by atoms with Crippen molar-refractivity contribution in [3.8, 4) is 0 Å². The van der Waals surface area contributed by atoms with E-state index in [1.54, 1.807) is 0 Å². The Morgan fingerprint density at radius 2 is 2.05 bits per heavy atom. The zero-order valence-electron chi connectivity index (χ0n) is 13.3. The van der Waals surface area contributed by atoms with Crippen molar-refractivity contribution in [3.05, 3.63) is 52.8 Å². The number of hydrogen-bond acceptors (Lipinski definition) is 3. The normalized spacial score (nSPS) is 12.6. The lowest BCUT2D eigenvalue weighted by Gasteiger charge is -2.18. The van der Waals surface area contributed by atoms with E-state index in [0.29, 0.717) is 0 Å². The average Bonchev–Trinajstić information content (AvgIpc) is 2.92. The van der Waals surface area contributed by atoms with Crippen LogP contribution < -0.4 is 11.3 Å². The van der Waals surface area contributed by atoms with Gasteiger partial charge >= 0.3 is 0 Å². The van der Waals surface area contributed by atoms with E-state index in [-0.39, 0.29) is 6.04 Å². The van der Waals surface area contributed by atoms with Gasteiger partial charge in [-0.3, -0.25) is 10.5 Å². The first-order chi connectivity index (χ1) is 10.2. The van der Waals surface area contributed by atoms with Gasteiger partial charge in [-0.25, -0.2) is 5.43 Å². The highest BCUT2D eigenvalue weighted by Crippen LogP contribution is 2.24. The van der Waals surface area contributed by atoms with E-state index >= 15 is 0 Å². The van der Waals surface area contributed by atoms with Gasteiger partial charge in [-0.2, -0.15) is 5.10 Å². The highest BCUT2D eigenvalue weighted by atomic mass is 15.3. The van der Waals surface area contributed by atoms with Gasteiger partial charge in [0.1, 0.15) is 0 Å². The van der Waals surface area contributed by atoms with Crippen molar-refractivity contribution in [2.24, 2.45) is 5.84 Å². The second-order valence-corrected chi connectivity index (χ2v) is 5.32. The first kappa shape index (κ1) is 15.7. The molecule has 0 saturated carbocycles. The smallest absolute Gasteiger partial charge is 0.0878 e. The number of aromatic nitrogens is 2. The van der Waals surface area contributed by atoms with Gasteiger partial charge in [-0.1, -0.05) is 44.5 Å². The highest BCUT2D eigenvalue weighted by Gasteiger charge is 2.18. The Balaban J connectivity index is 2.39. The Bertz CT molecular complexity index is 574. The maximum atomic E-state index is 5.84. The number of nitrogens with zero attached hydrogens (tertiary/aromatic N) is 2. The number of aryl methyl sites for hydroxylation is 3. The molecule has 114 valence electrons. The summed E-state index contributed by atoms with van der Waals surface area (Å²) in [6.07, 6.45) is 3.18. The standard InChI is InChI=1S/C17H26N4/c1-4-8-13-9-7-10-14(11-13)17(19-18)16-12-15(5-2)20-21(16)6-3/h7,9-12,17,19H,4-6,8,18H2,1-3H3. The molecule has 0 spiro atoms. The van der Waals surface area contributed by atoms with Crippen LogP contribution in [0.4, 0.5) is 0 Å². The van der Waals surface area contributed by atoms with E-state index in [9.17, 15) is 0 Å². The molecule has 2 rings (SSSR count). The predicted octanol–water partition coefficient (Wildman–Crippen LogP) is 2.97. The fourth-order valence-electron chi connectivity index (χ4n) is 2.71. The monoisotopic (exact) mass is 286 g/mol. The zero-order chi connectivity index (χ0) is 15.2. The molecule has 2 aromatic rings. The number of benzene rings is 1. The lowest BCUT2D eigenvalue weighted by Crippen LogP contribution is -2.30. The zero-order valence-corrected chi connectivity index (χ0v) is 13.3. The molecule has 0 saturated heterocycles. The van der Waals surface area contributed by atoms with Crippen LogP contribution in [0, 0.1) is 0 Å². The summed E-state index contributed by atoms with van der Waals surface area (Å²) in [4.78, 5) is 0. The molecule has 4 heteroatoms. The van der Waals surface area contributed by atoms with Crippen LogP contribution in [-0.4, -0.2) is 9.78 Å². The van der Waals surface area contributed by atoms with Crippen LogP contribution in [0.2, 0.25) is 0 Å². The Labute approximate surface area is 127 Å². The fourth-order valence-corrected chi connectivity index (χ4v) is 2.71. The van der Waals surface area contributed by atoms with E-state index in [4.69, 9.17) is 5.84 Å². The second-order valence-electron chi connectivity index (χ2n) is 5.32. The Hall–Kier alpha value is -1.65. The summed E-state index contributed by atoms with van der Waals surface area (Å²) < 4.78 is 2.04. The molecule has 0 aliphatic rings. The van der Waals surface area contributed by atoms with Gasteiger partial charge in [-0.15, -0.1) is 0 Å². The van der Waals surface area contributed by atoms with Gasteiger partial charge in [-0.05, 0) is 37.0 Å². The predicted molar refractivity (Wildman–Crippen MR) is 86.9 cm³/mol. The molecule has 0 fully saturated rings. The molecule has 0 bridgehead atoms. The highest BCUT2D eigenvalue weighted by molar-refractivity contribution is 5.32. The summed E-state index contributed by atoms with van der Waals surface area (Å²) in [6.45, 7) is 7.28. The maximum absolute atomic E-state index is 5.84. The number of nitrogens with two attached hydrogens (primary N) is 1. The third-order valence-electron chi connectivity index (χ3n) is 3.81. The molecule has 0 aliphatic carbocycles. The van der Waals surface area contributed by atoms with Gasteiger partial charge in [0.2, 0.25) is 0 Å². The molecule has 21 heavy (non-hydrogen) atoms. The minimum Gasteiger partial charge on any atom is -0.271 e. The summed E-state index contributed by atoms with van der Waals surface area (Å²) in [5.41, 5.74) is 7.74. The minimum absolute atomic E-state index is 0.0189. The van der Waals surface area contributed by atoms with Gasteiger partial charge in [0.25, 0.3) is 0 Å². The fraction of sp³-hybridized carbons (Fsp3) is 0.471. The third kappa shape index (κ3) is 3.52. The average molecular weight is 286 g/mol. The van der Waals surface area contributed by atoms with Crippen molar-refractivity contribution in [1.82, 2.24) is 15.2 Å². The van der Waals surface area contributed by atoms with E-state index < -0.39 is 0 Å². The maximum Gasteiger partial charge on any atom is 0.0878 e. The van der Waals surface area contributed by atoms with Gasteiger partial charge in [0, 0.05) is 6.54 Å². The number of hydrogen-bond donors (Lipinski definition) is 2. The molecule has 1 unspecified atom stereocenters. The summed E-state index contributed by atoms with van der Waals surface area (Å²) in [5, 5.41) is 4.62. The van der Waals surface area contributed by atoms with Gasteiger partial charge in [0.05, 0.1) is 17.4 Å². The van der Waals surface area contributed by atoms with Crippen molar-refractivity contribution >= 4 is 0 Å². The molecular weight excluding hydrogens is 260 g/mol. The quantitative estimate of drug-likeness (QED) is 0.608. The second kappa shape index (κ2) is 7.38. The van der Waals surface area contributed by atoms with E-state index in [2.05, 4.69) is 61.6 Å². The van der Waals surface area contributed by atoms with Crippen LogP contribution in [-0.2, 0) is 19.4 Å². The number of rotatable bonds is 7. The van der Waals surface area contributed by atoms with E-state index in [0.717, 1.165) is 37.2 Å². The van der Waals surface area contributed by atoms with Crippen molar-refractivity contribution in [2.45, 2.75) is 52.6 Å².